The average molecular weight is 1620 g/mol. The summed E-state index contributed by atoms with van der Waals surface area (Å²) in [5.41, 5.74) is 19.2. The number of hydrogen-bond donors (Lipinski definition) is 0. The second-order valence-corrected chi connectivity index (χ2v) is 39.1. The second-order valence-electron chi connectivity index (χ2n) is 31.7. The third kappa shape index (κ3) is 9.91. The third-order valence-corrected chi connectivity index (χ3v) is 34.2. The molecule has 0 bridgehead atoms. The molecule has 124 heavy (non-hydrogen) atoms. The van der Waals surface area contributed by atoms with Crippen molar-refractivity contribution in [1.82, 2.24) is 80.9 Å². The first-order valence-corrected chi connectivity index (χ1v) is 45.6. The van der Waals surface area contributed by atoms with Crippen LogP contribution in [0.25, 0.3) is 168 Å². The summed E-state index contributed by atoms with van der Waals surface area (Å²) < 4.78 is 17.8. The van der Waals surface area contributed by atoms with Crippen molar-refractivity contribution < 1.29 is 0 Å². The zero-order valence-corrected chi connectivity index (χ0v) is 68.3. The van der Waals surface area contributed by atoms with E-state index >= 15 is 0 Å². The van der Waals surface area contributed by atoms with Crippen molar-refractivity contribution in [2.45, 2.75) is 0 Å². The molecule has 0 fully saturated rings. The van der Waals surface area contributed by atoms with E-state index in [0.717, 1.165) is 147 Å². The Hall–Kier alpha value is -16.6. The summed E-state index contributed by atoms with van der Waals surface area (Å²) in [5.74, 6) is 3.70. The molecule has 26 rings (SSSR count). The Bertz CT molecular complexity index is 8660. The molecule has 580 valence electrons. The molecule has 0 saturated carbocycles. The van der Waals surface area contributed by atoms with Crippen molar-refractivity contribution in [3.05, 3.63) is 406 Å². The van der Waals surface area contributed by atoms with Gasteiger partial charge in [0.05, 0.1) is 88.3 Å². The molecule has 10 aromatic heterocycles. The van der Waals surface area contributed by atoms with Gasteiger partial charge in [0.25, 0.3) is 0 Å². The van der Waals surface area contributed by atoms with Gasteiger partial charge >= 0.3 is 0 Å². The zero-order chi connectivity index (χ0) is 81.3. The van der Waals surface area contributed by atoms with Crippen LogP contribution in [0.2, 0.25) is 0 Å². The van der Waals surface area contributed by atoms with Gasteiger partial charge in [-0.3, -0.25) is 17.8 Å². The Kier molecular flexibility index (Phi) is 15.1. The number of imidazole rings is 6. The SMILES string of the molecule is c1ccc([Si](c2ccccc2)(c2cccc(-n3c4ccccc4c4ccccc43)c2)c2nc(-n3c4ccccc4c4c(-c5ccc6nc7n(-c8nc(-n9c%10ccccc%10n%10c%11ccccc%11nc9%10)nc([Si](c9ccccc9)(c9ccccc9)c9ccccc9)n8)c8ccccc8n7c6c5)cccc43)nc(-n3c4ccccc4n4c5ccccc5nc34)n2)cc1. The molecule has 0 radical (unpaired) electrons. The Morgan fingerprint density at radius 3 is 0.935 bits per heavy atom. The van der Waals surface area contributed by atoms with Crippen molar-refractivity contribution >= 4 is 185 Å². The smallest absolute Gasteiger partial charge is 0.241 e. The molecule has 0 spiro atoms. The Morgan fingerprint density at radius 2 is 0.500 bits per heavy atom. The van der Waals surface area contributed by atoms with E-state index in [1.54, 1.807) is 0 Å². The van der Waals surface area contributed by atoms with Gasteiger partial charge in [0.2, 0.25) is 57.3 Å². The number of aromatic nitrogens is 17. The summed E-state index contributed by atoms with van der Waals surface area (Å²) in [4.78, 5) is 52.3. The molecule has 0 atom stereocenters. The lowest BCUT2D eigenvalue weighted by Crippen LogP contribution is -2.76. The van der Waals surface area contributed by atoms with Crippen LogP contribution in [-0.4, -0.2) is 97.0 Å². The maximum atomic E-state index is 6.15. The summed E-state index contributed by atoms with van der Waals surface area (Å²) in [5, 5.41) is 11.1. The number of nitrogens with zero attached hydrogens (tertiary/aromatic N) is 17. The first-order valence-electron chi connectivity index (χ1n) is 41.6. The van der Waals surface area contributed by atoms with E-state index in [0.29, 0.717) is 52.0 Å². The summed E-state index contributed by atoms with van der Waals surface area (Å²) in [7, 11) is -7.27. The summed E-state index contributed by atoms with van der Waals surface area (Å²) in [6, 6.07) is 145. The lowest BCUT2D eigenvalue weighted by Gasteiger charge is -2.32. The normalized spacial score (nSPS) is 12.4. The highest BCUT2D eigenvalue weighted by molar-refractivity contribution is 7.20. The highest BCUT2D eigenvalue weighted by Gasteiger charge is 2.48. The molecule has 0 aliphatic rings. The lowest BCUT2D eigenvalue weighted by atomic mass is 9.99. The van der Waals surface area contributed by atoms with E-state index in [2.05, 4.69) is 430 Å². The molecule has 0 aliphatic heterocycles. The predicted molar refractivity (Wildman–Crippen MR) is 504 cm³/mol. The monoisotopic (exact) mass is 1620 g/mol. The van der Waals surface area contributed by atoms with E-state index in [9.17, 15) is 0 Å². The van der Waals surface area contributed by atoms with Gasteiger partial charge in [0, 0.05) is 27.2 Å². The highest BCUT2D eigenvalue weighted by atomic mass is 28.3. The van der Waals surface area contributed by atoms with Gasteiger partial charge in [0.15, 0.2) is 0 Å². The van der Waals surface area contributed by atoms with Crippen LogP contribution in [-0.2, 0) is 0 Å². The molecule has 0 unspecified atom stereocenters. The first-order chi connectivity index (χ1) is 61.5. The van der Waals surface area contributed by atoms with Crippen LogP contribution in [0, 0.1) is 0 Å². The van der Waals surface area contributed by atoms with Crippen molar-refractivity contribution in [3.8, 4) is 40.6 Å². The number of fused-ring (bicyclic) bond motifs is 21. The van der Waals surface area contributed by atoms with Gasteiger partial charge in [-0.05, 0) is 151 Å². The molecule has 0 saturated heterocycles. The van der Waals surface area contributed by atoms with Crippen molar-refractivity contribution in [3.63, 3.8) is 0 Å². The number of benzene rings is 16. The number of rotatable bonds is 14. The molecule has 0 amide bonds. The molecular weight excluding hydrogens is 1560 g/mol. The number of para-hydroxylation sites is 13. The topological polar surface area (TPSA) is 154 Å². The highest BCUT2D eigenvalue weighted by Crippen LogP contribution is 2.42. The van der Waals surface area contributed by atoms with Crippen LogP contribution in [0.5, 0.6) is 0 Å². The van der Waals surface area contributed by atoms with Gasteiger partial charge in [-0.2, -0.15) is 9.97 Å². The maximum Gasteiger partial charge on any atom is 0.241 e. The van der Waals surface area contributed by atoms with Gasteiger partial charge in [-0.1, -0.05) is 297 Å². The van der Waals surface area contributed by atoms with Gasteiger partial charge in [0.1, 0.15) is 10.9 Å². The minimum Gasteiger partial charge on any atom is -0.309 e. The minimum absolute atomic E-state index is 0.406. The van der Waals surface area contributed by atoms with Crippen molar-refractivity contribution in [2.75, 3.05) is 0 Å². The largest absolute Gasteiger partial charge is 0.309 e. The summed E-state index contributed by atoms with van der Waals surface area (Å²) >= 11 is 0. The van der Waals surface area contributed by atoms with Crippen LogP contribution < -0.4 is 42.0 Å². The lowest BCUT2D eigenvalue weighted by molar-refractivity contribution is 0.887. The fourth-order valence-corrected chi connectivity index (χ4v) is 28.9. The molecule has 10 heterocycles. The summed E-state index contributed by atoms with van der Waals surface area (Å²) in [6.07, 6.45) is 0. The van der Waals surface area contributed by atoms with E-state index < -0.39 is 16.1 Å². The van der Waals surface area contributed by atoms with Crippen LogP contribution in [0.15, 0.2) is 406 Å². The van der Waals surface area contributed by atoms with Gasteiger partial charge in [-0.25, -0.2) is 48.6 Å². The molecule has 16 aromatic carbocycles. The third-order valence-electron chi connectivity index (χ3n) is 25.3. The molecule has 26 aromatic rings. The van der Waals surface area contributed by atoms with Crippen molar-refractivity contribution in [1.29, 1.82) is 0 Å². The van der Waals surface area contributed by atoms with Crippen molar-refractivity contribution in [2.24, 2.45) is 0 Å². The first kappa shape index (κ1) is 69.3. The van der Waals surface area contributed by atoms with E-state index in [4.69, 9.17) is 44.9 Å². The molecule has 0 N–H and O–H groups in total. The molecule has 0 aliphatic carbocycles. The summed E-state index contributed by atoms with van der Waals surface area (Å²) in [6.45, 7) is 0. The van der Waals surface area contributed by atoms with Crippen LogP contribution in [0.1, 0.15) is 0 Å². The Balaban J connectivity index is 0.716. The Morgan fingerprint density at radius 1 is 0.185 bits per heavy atom. The van der Waals surface area contributed by atoms with E-state index in [1.165, 1.54) is 10.8 Å². The predicted octanol–water partition coefficient (Wildman–Crippen LogP) is 16.9. The standard InChI is InChI=1S/C105H67N17Si2/c1-6-35-70(36-7-1)123(71-37-8-2-9-38-71,72-39-10-3-11-40-72)101-112-99(121-92-61-30-27-58-89(92)118-87-56-25-20-51-81(87)107-104(118)121)110-100(113-101)122-93-62-31-28-59-90(93)119-95-66-68(64-65-82(95)108-105(119)122)76-49-33-63-94-96(76)79-48-18-23-54-85(79)116(94)97-109-98(120-91-60-29-26-57-88(91)117-86-55-24-19-50-80(86)106-103(117)120)114-102(111-97)124(73-41-12-4-13-42-73,74-43-14-5-15-44-74)75-45-32-34-69(67-75)115-83-52-21-16-46-77(83)78-47-17-22-53-84(78)115/h1-67H. The van der Waals surface area contributed by atoms with Gasteiger partial charge < -0.3 is 4.57 Å². The molecule has 19 heteroatoms. The van der Waals surface area contributed by atoms with Crippen LogP contribution in [0.4, 0.5) is 0 Å². The molecule has 17 nitrogen and oxygen atoms in total. The van der Waals surface area contributed by atoms with Gasteiger partial charge in [-0.15, -0.1) is 0 Å². The minimum atomic E-state index is -3.76. The second kappa shape index (κ2) is 26.9. The average Bonchev–Trinajstić information content (AvgIpc) is 1.35. The fraction of sp³-hybridized carbons (Fsp3) is 0. The quantitative estimate of drug-likeness (QED) is 0.0764. The van der Waals surface area contributed by atoms with Crippen LogP contribution >= 0.6 is 0 Å². The maximum absolute atomic E-state index is 6.15. The Labute approximate surface area is 708 Å². The van der Waals surface area contributed by atoms with E-state index in [-0.39, 0.29) is 0 Å². The van der Waals surface area contributed by atoms with E-state index in [1.807, 2.05) is 12.1 Å². The fourth-order valence-electron chi connectivity index (χ4n) is 20.1. The zero-order valence-electron chi connectivity index (χ0n) is 66.3. The van der Waals surface area contributed by atoms with Crippen LogP contribution in [0.3, 0.4) is 0 Å². The number of hydrogen-bond acceptors (Lipinski definition) is 9. The molecular formula is C105H67N17Si2.